The molecular weight excluding hydrogens is 348 g/mol. The van der Waals surface area contributed by atoms with E-state index in [4.69, 9.17) is 11.5 Å². The maximum absolute atomic E-state index is 12.9. The Balaban J connectivity index is 1.89. The summed E-state index contributed by atoms with van der Waals surface area (Å²) in [4.78, 5) is 27.3. The fraction of sp³-hybridized carbons (Fsp3) is 0.895. The van der Waals surface area contributed by atoms with Gasteiger partial charge in [-0.3, -0.25) is 9.59 Å². The average Bonchev–Trinajstić information content (AvgIpc) is 3.09. The van der Waals surface area contributed by atoms with Crippen molar-refractivity contribution < 1.29 is 9.59 Å². The number of nitrogens with zero attached hydrogens (tertiary/aromatic N) is 1. The quantitative estimate of drug-likeness (QED) is 0.617. The van der Waals surface area contributed by atoms with Gasteiger partial charge in [0.05, 0.1) is 6.04 Å². The molecule has 1 heterocycles. The molecule has 0 aromatic carbocycles. The Bertz CT molecular complexity index is 492. The Morgan fingerprint density at radius 3 is 2.50 bits per heavy atom. The van der Waals surface area contributed by atoms with Gasteiger partial charge in [0.1, 0.15) is 6.04 Å². The zero-order valence-electron chi connectivity index (χ0n) is 16.5. The van der Waals surface area contributed by atoms with Crippen molar-refractivity contribution in [3.63, 3.8) is 0 Å². The van der Waals surface area contributed by atoms with Crippen molar-refractivity contribution in [2.24, 2.45) is 17.4 Å². The van der Waals surface area contributed by atoms with E-state index in [1.807, 2.05) is 13.8 Å². The van der Waals surface area contributed by atoms with Crippen molar-refractivity contribution in [3.8, 4) is 0 Å². The van der Waals surface area contributed by atoms with Crippen LogP contribution in [0, 0.1) is 5.92 Å². The molecule has 0 aromatic heterocycles. The van der Waals surface area contributed by atoms with Crippen LogP contribution in [0.4, 0.5) is 0 Å². The molecule has 1 saturated heterocycles. The van der Waals surface area contributed by atoms with Crippen LogP contribution in [0.2, 0.25) is 0 Å². The molecule has 150 valence electrons. The first-order valence-corrected chi connectivity index (χ1v) is 11.0. The van der Waals surface area contributed by atoms with E-state index in [9.17, 15) is 9.59 Å². The van der Waals surface area contributed by atoms with Gasteiger partial charge in [-0.15, -0.1) is 0 Å². The van der Waals surface area contributed by atoms with Crippen LogP contribution in [-0.4, -0.2) is 58.4 Å². The third-order valence-corrected chi connectivity index (χ3v) is 7.11. The summed E-state index contributed by atoms with van der Waals surface area (Å²) < 4.78 is -0.337. The van der Waals surface area contributed by atoms with Crippen molar-refractivity contribution in [1.29, 1.82) is 0 Å². The molecule has 0 aromatic rings. The number of nitrogens with two attached hydrogens (primary N) is 2. The van der Waals surface area contributed by atoms with Gasteiger partial charge in [-0.1, -0.05) is 6.92 Å². The number of nitrogens with one attached hydrogen (secondary N) is 1. The first kappa shape index (κ1) is 21.5. The highest BCUT2D eigenvalue weighted by molar-refractivity contribution is 8.00. The fourth-order valence-corrected chi connectivity index (χ4v) is 5.02. The minimum absolute atomic E-state index is 0.0288. The second-order valence-corrected chi connectivity index (χ2v) is 10.1. The summed E-state index contributed by atoms with van der Waals surface area (Å²) in [5.41, 5.74) is 12.2. The number of hydrogen-bond donors (Lipinski definition) is 3. The Morgan fingerprint density at radius 1 is 1.23 bits per heavy atom. The van der Waals surface area contributed by atoms with Crippen LogP contribution >= 0.6 is 11.8 Å². The molecule has 1 aliphatic heterocycles. The smallest absolute Gasteiger partial charge is 0.242 e. The van der Waals surface area contributed by atoms with E-state index >= 15 is 0 Å². The lowest BCUT2D eigenvalue weighted by molar-refractivity contribution is -0.139. The van der Waals surface area contributed by atoms with Crippen LogP contribution in [0.3, 0.4) is 0 Å². The van der Waals surface area contributed by atoms with Gasteiger partial charge < -0.3 is 21.7 Å². The molecule has 7 heteroatoms. The molecule has 0 unspecified atom stereocenters. The molecule has 2 fully saturated rings. The van der Waals surface area contributed by atoms with Gasteiger partial charge in [0.2, 0.25) is 11.8 Å². The molecule has 1 aliphatic carbocycles. The number of rotatable bonds is 7. The maximum Gasteiger partial charge on any atom is 0.242 e. The molecular formula is C19H36N4O2S. The van der Waals surface area contributed by atoms with Gasteiger partial charge in [-0.05, 0) is 64.0 Å². The number of amides is 2. The largest absolute Gasteiger partial charge is 0.354 e. The third kappa shape index (κ3) is 5.36. The molecule has 2 aliphatic rings. The zero-order chi connectivity index (χ0) is 19.3. The average molecular weight is 385 g/mol. The van der Waals surface area contributed by atoms with Gasteiger partial charge in [0.15, 0.2) is 0 Å². The first-order chi connectivity index (χ1) is 12.3. The first-order valence-electron chi connectivity index (χ1n) is 9.99. The fourth-order valence-electron chi connectivity index (χ4n) is 4.00. The van der Waals surface area contributed by atoms with Gasteiger partial charge in [0, 0.05) is 23.9 Å². The lowest BCUT2D eigenvalue weighted by Crippen LogP contribution is -2.57. The standard InChI is InChI=1S/C19H36N4O2S/c1-4-26-19(2,3)16(21)18(25)23-11-5-6-15(23)17(24)22-12-13-7-9-14(20)10-8-13/h13-16H,4-12,20-21H2,1-3H3,(H,22,24)/t13?,14?,15-,16-/m0/s1. The molecule has 5 N–H and O–H groups in total. The summed E-state index contributed by atoms with van der Waals surface area (Å²) in [5.74, 6) is 1.28. The van der Waals surface area contributed by atoms with Crippen LogP contribution in [-0.2, 0) is 9.59 Å². The van der Waals surface area contributed by atoms with E-state index in [1.54, 1.807) is 16.7 Å². The molecule has 6 nitrogen and oxygen atoms in total. The molecule has 2 amide bonds. The maximum atomic E-state index is 12.9. The summed E-state index contributed by atoms with van der Waals surface area (Å²) >= 11 is 1.68. The number of hydrogen-bond acceptors (Lipinski definition) is 5. The highest BCUT2D eigenvalue weighted by Crippen LogP contribution is 2.30. The molecule has 26 heavy (non-hydrogen) atoms. The van der Waals surface area contributed by atoms with Gasteiger partial charge in [-0.2, -0.15) is 11.8 Å². The molecule has 2 rings (SSSR count). The van der Waals surface area contributed by atoms with E-state index in [-0.39, 0.29) is 22.6 Å². The summed E-state index contributed by atoms with van der Waals surface area (Å²) in [7, 11) is 0. The molecule has 0 bridgehead atoms. The molecule has 0 spiro atoms. The van der Waals surface area contributed by atoms with Crippen molar-refractivity contribution in [1.82, 2.24) is 10.2 Å². The Kier molecular flexibility index (Phi) is 7.79. The predicted octanol–water partition coefficient (Wildman–Crippen LogP) is 1.47. The van der Waals surface area contributed by atoms with Crippen LogP contribution in [0.25, 0.3) is 0 Å². The zero-order valence-corrected chi connectivity index (χ0v) is 17.3. The van der Waals surface area contributed by atoms with Crippen molar-refractivity contribution in [2.75, 3.05) is 18.8 Å². The van der Waals surface area contributed by atoms with Crippen LogP contribution < -0.4 is 16.8 Å². The SMILES string of the molecule is CCSC(C)(C)[C@@H](N)C(=O)N1CCC[C@H]1C(=O)NCC1CCC(N)CC1. The Labute approximate surface area is 162 Å². The lowest BCUT2D eigenvalue weighted by Gasteiger charge is -2.34. The van der Waals surface area contributed by atoms with E-state index in [0.717, 1.165) is 44.3 Å². The van der Waals surface area contributed by atoms with Crippen LogP contribution in [0.1, 0.15) is 59.3 Å². The van der Waals surface area contributed by atoms with Crippen molar-refractivity contribution in [2.45, 2.75) is 82.2 Å². The number of thioether (sulfide) groups is 1. The van der Waals surface area contributed by atoms with Crippen LogP contribution in [0.5, 0.6) is 0 Å². The Hall–Kier alpha value is -0.790. The number of likely N-dealkylation sites (tertiary alicyclic amines) is 1. The minimum Gasteiger partial charge on any atom is -0.354 e. The highest BCUT2D eigenvalue weighted by Gasteiger charge is 2.41. The van der Waals surface area contributed by atoms with Crippen LogP contribution in [0.15, 0.2) is 0 Å². The summed E-state index contributed by atoms with van der Waals surface area (Å²) in [6, 6.07) is -0.654. The van der Waals surface area contributed by atoms with E-state index in [1.165, 1.54) is 0 Å². The number of carbonyl (C=O) groups excluding carboxylic acids is 2. The van der Waals surface area contributed by atoms with E-state index in [2.05, 4.69) is 12.2 Å². The van der Waals surface area contributed by atoms with Gasteiger partial charge in [0.25, 0.3) is 0 Å². The number of carbonyl (C=O) groups is 2. The second-order valence-electron chi connectivity index (χ2n) is 8.23. The highest BCUT2D eigenvalue weighted by atomic mass is 32.2. The van der Waals surface area contributed by atoms with E-state index < -0.39 is 6.04 Å². The van der Waals surface area contributed by atoms with Crippen molar-refractivity contribution in [3.05, 3.63) is 0 Å². The monoisotopic (exact) mass is 384 g/mol. The summed E-state index contributed by atoms with van der Waals surface area (Å²) in [6.45, 7) is 7.38. The summed E-state index contributed by atoms with van der Waals surface area (Å²) in [6.07, 6.45) is 5.79. The molecule has 2 atom stereocenters. The van der Waals surface area contributed by atoms with Gasteiger partial charge >= 0.3 is 0 Å². The molecule has 0 radical (unpaired) electrons. The third-order valence-electron chi connectivity index (χ3n) is 5.83. The summed E-state index contributed by atoms with van der Waals surface area (Å²) in [5, 5.41) is 3.08. The minimum atomic E-state index is -0.597. The van der Waals surface area contributed by atoms with Crippen molar-refractivity contribution >= 4 is 23.6 Å². The van der Waals surface area contributed by atoms with Gasteiger partial charge in [-0.25, -0.2) is 0 Å². The molecule has 1 saturated carbocycles. The predicted molar refractivity (Wildman–Crippen MR) is 108 cm³/mol. The Morgan fingerprint density at radius 2 is 1.88 bits per heavy atom. The van der Waals surface area contributed by atoms with E-state index in [0.29, 0.717) is 25.0 Å². The topological polar surface area (TPSA) is 101 Å². The second kappa shape index (κ2) is 9.42. The normalized spacial score (nSPS) is 28.0. The lowest BCUT2D eigenvalue weighted by atomic mass is 9.86.